The number of hydrogen-bond acceptors (Lipinski definition) is 4. The van der Waals surface area contributed by atoms with Crippen molar-refractivity contribution in [3.63, 3.8) is 0 Å². The third kappa shape index (κ3) is 11.2. The number of halogens is 3. The monoisotopic (exact) mass is 529 g/mol. The number of aryl methyl sites for hydroxylation is 1. The highest BCUT2D eigenvalue weighted by molar-refractivity contribution is 5.60. The number of benzene rings is 2. The van der Waals surface area contributed by atoms with Crippen molar-refractivity contribution >= 4 is 6.08 Å². The van der Waals surface area contributed by atoms with Crippen LogP contribution < -0.4 is 4.74 Å². The smallest absolute Gasteiger partial charge is 0.143 e. The van der Waals surface area contributed by atoms with E-state index in [4.69, 9.17) is 9.47 Å². The highest BCUT2D eigenvalue weighted by atomic mass is 19.1. The summed E-state index contributed by atoms with van der Waals surface area (Å²) in [5.74, 6) is -0.209. The molecule has 1 aliphatic rings. The van der Waals surface area contributed by atoms with Gasteiger partial charge in [-0.3, -0.25) is 9.29 Å². The molecule has 0 aliphatic carbocycles. The first-order valence-electron chi connectivity index (χ1n) is 12.2. The summed E-state index contributed by atoms with van der Waals surface area (Å²) in [5, 5.41) is 0. The molecule has 0 saturated carbocycles. The number of likely N-dealkylation sites (tertiary alicyclic amines) is 1. The van der Waals surface area contributed by atoms with Crippen molar-refractivity contribution in [2.24, 2.45) is 0 Å². The summed E-state index contributed by atoms with van der Waals surface area (Å²) in [5.41, 5.74) is 4.69. The average Bonchev–Trinajstić information content (AvgIpc) is 3.37. The Labute approximate surface area is 224 Å². The molecule has 0 amide bonds. The lowest BCUT2D eigenvalue weighted by Gasteiger charge is -2.28. The molecule has 0 bridgehead atoms. The maximum absolute atomic E-state index is 11.9. The van der Waals surface area contributed by atoms with Crippen LogP contribution in [0.25, 0.3) is 11.8 Å². The number of methoxy groups -OCH3 is 2. The summed E-state index contributed by atoms with van der Waals surface area (Å²) in [4.78, 5) is 6.83. The van der Waals surface area contributed by atoms with Crippen LogP contribution in [0.15, 0.2) is 60.6 Å². The molecule has 4 rings (SSSR count). The zero-order valence-corrected chi connectivity index (χ0v) is 22.7. The number of terminal acetylenes is 1. The van der Waals surface area contributed by atoms with Crippen molar-refractivity contribution in [3.05, 3.63) is 83.5 Å². The largest absolute Gasteiger partial charge is 0.495 e. The third-order valence-electron chi connectivity index (χ3n) is 5.57. The predicted octanol–water partition coefficient (Wildman–Crippen LogP) is 6.50. The molecule has 38 heavy (non-hydrogen) atoms. The minimum absolute atomic E-state index is 0.500. The molecule has 1 aliphatic heterocycles. The van der Waals surface area contributed by atoms with Crippen molar-refractivity contribution < 1.29 is 22.6 Å². The number of aromatic nitrogens is 2. The Morgan fingerprint density at radius 1 is 1.05 bits per heavy atom. The van der Waals surface area contributed by atoms with E-state index in [9.17, 15) is 13.2 Å². The van der Waals surface area contributed by atoms with Crippen LogP contribution in [0.1, 0.15) is 30.5 Å². The number of ether oxygens (including phenoxy) is 2. The minimum atomic E-state index is -0.537. The van der Waals surface area contributed by atoms with E-state index in [1.807, 2.05) is 24.0 Å². The van der Waals surface area contributed by atoms with E-state index in [1.54, 1.807) is 14.2 Å². The molecule has 0 unspecified atom stereocenters. The van der Waals surface area contributed by atoms with Crippen molar-refractivity contribution in [2.75, 3.05) is 47.6 Å². The molecule has 5 nitrogen and oxygen atoms in total. The summed E-state index contributed by atoms with van der Waals surface area (Å²) in [6.07, 6.45) is 17.6. The second kappa shape index (κ2) is 18.7. The number of imidazole rings is 1. The van der Waals surface area contributed by atoms with Crippen LogP contribution in [-0.2, 0) is 4.74 Å². The van der Waals surface area contributed by atoms with Gasteiger partial charge in [-0.1, -0.05) is 23.8 Å². The Bertz CT molecular complexity index is 1110. The SMILES string of the molecule is C#C.CF.COCCCN1CCC/C(=C\c2ccc(-n3cnc(C)c3)c(OC)c2)C1.Fc1cccc(F)c1. The van der Waals surface area contributed by atoms with Gasteiger partial charge in [0, 0.05) is 39.1 Å². The molecule has 3 aromatic rings. The normalized spacial score (nSPS) is 13.8. The van der Waals surface area contributed by atoms with Gasteiger partial charge in [0.2, 0.25) is 0 Å². The van der Waals surface area contributed by atoms with Crippen LogP contribution in [0, 0.1) is 31.4 Å². The molecule has 8 heteroatoms. The first-order valence-corrected chi connectivity index (χ1v) is 12.2. The van der Waals surface area contributed by atoms with Crippen LogP contribution in [0.4, 0.5) is 13.2 Å². The maximum atomic E-state index is 11.9. The van der Waals surface area contributed by atoms with Gasteiger partial charge in [-0.05, 0) is 62.6 Å². The first kappa shape index (κ1) is 32.5. The van der Waals surface area contributed by atoms with Gasteiger partial charge in [-0.15, -0.1) is 12.8 Å². The van der Waals surface area contributed by atoms with E-state index in [2.05, 4.69) is 47.0 Å². The molecule has 0 atom stereocenters. The van der Waals surface area contributed by atoms with Gasteiger partial charge in [0.25, 0.3) is 0 Å². The van der Waals surface area contributed by atoms with Gasteiger partial charge in [0.15, 0.2) is 0 Å². The van der Waals surface area contributed by atoms with Gasteiger partial charge >= 0.3 is 0 Å². The zero-order valence-electron chi connectivity index (χ0n) is 22.7. The van der Waals surface area contributed by atoms with Crippen molar-refractivity contribution in [1.82, 2.24) is 14.5 Å². The average molecular weight is 530 g/mol. The molecule has 0 spiro atoms. The maximum Gasteiger partial charge on any atom is 0.143 e. The van der Waals surface area contributed by atoms with Gasteiger partial charge in [-0.2, -0.15) is 0 Å². The summed E-state index contributed by atoms with van der Waals surface area (Å²) in [7, 11) is 3.99. The van der Waals surface area contributed by atoms with Crippen molar-refractivity contribution in [3.8, 4) is 24.3 Å². The second-order valence-corrected chi connectivity index (χ2v) is 8.32. The van der Waals surface area contributed by atoms with E-state index < -0.39 is 11.6 Å². The van der Waals surface area contributed by atoms with E-state index in [1.165, 1.54) is 48.7 Å². The minimum Gasteiger partial charge on any atom is -0.495 e. The number of alkyl halides is 1. The van der Waals surface area contributed by atoms with Gasteiger partial charge in [0.05, 0.1) is 32.0 Å². The lowest BCUT2D eigenvalue weighted by atomic mass is 10.0. The van der Waals surface area contributed by atoms with E-state index in [-0.39, 0.29) is 0 Å². The van der Waals surface area contributed by atoms with E-state index in [0.717, 1.165) is 49.3 Å². The van der Waals surface area contributed by atoms with Crippen LogP contribution in [0.2, 0.25) is 0 Å². The third-order valence-corrected chi connectivity index (χ3v) is 5.57. The van der Waals surface area contributed by atoms with Crippen LogP contribution in [-0.4, -0.2) is 62.1 Å². The number of hydrogen-bond donors (Lipinski definition) is 0. The summed E-state index contributed by atoms with van der Waals surface area (Å²) in [6, 6.07) is 10.9. The molecule has 2 aromatic carbocycles. The summed E-state index contributed by atoms with van der Waals surface area (Å²) in [6.45, 7) is 6.16. The highest BCUT2D eigenvalue weighted by Gasteiger charge is 2.14. The molecule has 206 valence electrons. The Balaban J connectivity index is 0.000000505. The summed E-state index contributed by atoms with van der Waals surface area (Å²) < 4.78 is 46.1. The fraction of sp³-hybridized carbons (Fsp3) is 0.367. The second-order valence-electron chi connectivity index (χ2n) is 8.32. The molecule has 1 saturated heterocycles. The Hall–Kier alpha value is -3.54. The first-order chi connectivity index (χ1) is 18.5. The van der Waals surface area contributed by atoms with Gasteiger partial charge in [0.1, 0.15) is 17.4 Å². The molecule has 0 radical (unpaired) electrons. The zero-order chi connectivity index (χ0) is 28.3. The van der Waals surface area contributed by atoms with Gasteiger partial charge < -0.3 is 14.0 Å². The molecule has 2 heterocycles. The standard InChI is InChI=1S/C21H29N3O2.C6H4F2.C2H2.CH3F/c1-17-14-24(16-22-17)20-8-7-18(13-21(20)26-3)12-19-6-4-9-23(15-19)10-5-11-25-2;7-5-2-1-3-6(8)4-5;2*1-2/h7-8,12-14,16H,4-6,9-11,15H2,1-3H3;1-4H;1-2H;1H3/b19-12+;;;. The molecule has 0 N–H and O–H groups in total. The van der Waals surface area contributed by atoms with E-state index in [0.29, 0.717) is 7.18 Å². The number of nitrogens with zero attached hydrogens (tertiary/aromatic N) is 3. The summed E-state index contributed by atoms with van der Waals surface area (Å²) >= 11 is 0. The fourth-order valence-corrected chi connectivity index (χ4v) is 3.96. The number of piperidine rings is 1. The predicted molar refractivity (Wildman–Crippen MR) is 148 cm³/mol. The highest BCUT2D eigenvalue weighted by Crippen LogP contribution is 2.27. The molecule has 1 fully saturated rings. The molecular formula is C30H38F3N3O2. The fourth-order valence-electron chi connectivity index (χ4n) is 3.96. The Morgan fingerprint density at radius 3 is 2.32 bits per heavy atom. The van der Waals surface area contributed by atoms with E-state index >= 15 is 0 Å². The molecule has 1 aromatic heterocycles. The Kier molecular flexibility index (Phi) is 16.0. The lowest BCUT2D eigenvalue weighted by molar-refractivity contribution is 0.170. The Morgan fingerprint density at radius 2 is 1.76 bits per heavy atom. The van der Waals surface area contributed by atoms with Gasteiger partial charge in [-0.25, -0.2) is 13.8 Å². The van der Waals surface area contributed by atoms with Crippen LogP contribution in [0.3, 0.4) is 0 Å². The van der Waals surface area contributed by atoms with Crippen molar-refractivity contribution in [1.29, 1.82) is 0 Å². The van der Waals surface area contributed by atoms with Crippen molar-refractivity contribution in [2.45, 2.75) is 26.2 Å². The number of rotatable bonds is 7. The van der Waals surface area contributed by atoms with Crippen LogP contribution in [0.5, 0.6) is 5.75 Å². The topological polar surface area (TPSA) is 39.5 Å². The lowest BCUT2D eigenvalue weighted by Crippen LogP contribution is -2.32. The molecular weight excluding hydrogens is 491 g/mol. The quantitative estimate of drug-likeness (QED) is 0.259. The van der Waals surface area contributed by atoms with Crippen LogP contribution >= 0.6 is 0 Å².